The molecule has 2 N–H and O–H groups in total. The predicted octanol–water partition coefficient (Wildman–Crippen LogP) is 4.51. The topological polar surface area (TPSA) is 111 Å². The maximum atomic E-state index is 11.8. The Morgan fingerprint density at radius 3 is 2.17 bits per heavy atom. The third-order valence-corrected chi connectivity index (χ3v) is 4.15. The third kappa shape index (κ3) is 4.52. The Kier molecular flexibility index (Phi) is 5.77. The fourth-order valence-corrected chi connectivity index (χ4v) is 2.95. The highest BCUT2D eigenvalue weighted by Crippen LogP contribution is 2.36. The maximum absolute atomic E-state index is 11.8. The molecule has 9 nitrogen and oxygen atoms in total. The number of nitrogens with zero attached hydrogens (tertiary/aromatic N) is 3. The van der Waals surface area contributed by atoms with Gasteiger partial charge in [-0.2, -0.15) is 0 Å². The van der Waals surface area contributed by atoms with Crippen LogP contribution in [-0.4, -0.2) is 29.1 Å². The first-order valence-electron chi connectivity index (χ1n) is 8.75. The van der Waals surface area contributed by atoms with Crippen molar-refractivity contribution in [3.8, 4) is 11.5 Å². The number of hydrogen-bond donors (Lipinski definition) is 2. The molecule has 3 aromatic rings. The number of anilines is 4. The van der Waals surface area contributed by atoms with E-state index in [9.17, 15) is 10.1 Å². The first-order valence-corrected chi connectivity index (χ1v) is 8.75. The number of rotatable bonds is 7. The van der Waals surface area contributed by atoms with E-state index in [1.165, 1.54) is 13.4 Å². The number of nitrogens with one attached hydrogen (secondary N) is 2. The maximum Gasteiger partial charge on any atom is 0.353 e. The van der Waals surface area contributed by atoms with Crippen molar-refractivity contribution in [2.24, 2.45) is 0 Å². The minimum absolute atomic E-state index is 0.0420. The molecule has 150 valence electrons. The molecule has 1 heterocycles. The molecule has 0 fully saturated rings. The van der Waals surface area contributed by atoms with Gasteiger partial charge in [0.2, 0.25) is 11.6 Å². The second kappa shape index (κ2) is 8.42. The standard InChI is InChI=1S/C20H21N5O4/c1-12-7-13(2)9-14(8-12)23-19-18(25(26)27)20(22-11-21-19)24-16-6-5-15(28-3)10-17(16)29-4/h5-11H,1-4H3,(H2,21,22,23,24). The Bertz CT molecular complexity index is 1030. The number of hydrogen-bond acceptors (Lipinski definition) is 8. The fourth-order valence-electron chi connectivity index (χ4n) is 2.95. The quantitative estimate of drug-likeness (QED) is 0.444. The molecule has 0 unspecified atom stereocenters. The summed E-state index contributed by atoms with van der Waals surface area (Å²) < 4.78 is 10.5. The Hall–Kier alpha value is -3.88. The second-order valence-corrected chi connectivity index (χ2v) is 6.37. The minimum Gasteiger partial charge on any atom is -0.497 e. The molecule has 0 amide bonds. The van der Waals surface area contributed by atoms with Crippen LogP contribution >= 0.6 is 0 Å². The van der Waals surface area contributed by atoms with Gasteiger partial charge in [0.25, 0.3) is 0 Å². The predicted molar refractivity (Wildman–Crippen MR) is 111 cm³/mol. The summed E-state index contributed by atoms with van der Waals surface area (Å²) in [4.78, 5) is 19.4. The van der Waals surface area contributed by atoms with E-state index in [-0.39, 0.29) is 17.3 Å². The van der Waals surface area contributed by atoms with Gasteiger partial charge in [-0.25, -0.2) is 9.97 Å². The Morgan fingerprint density at radius 1 is 0.931 bits per heavy atom. The Morgan fingerprint density at radius 2 is 1.59 bits per heavy atom. The summed E-state index contributed by atoms with van der Waals surface area (Å²) in [5.41, 5.74) is 3.00. The van der Waals surface area contributed by atoms with Crippen LogP contribution in [0.5, 0.6) is 11.5 Å². The molecule has 0 spiro atoms. The smallest absolute Gasteiger partial charge is 0.353 e. The van der Waals surface area contributed by atoms with Gasteiger partial charge in [-0.05, 0) is 49.2 Å². The lowest BCUT2D eigenvalue weighted by Crippen LogP contribution is -2.06. The molecule has 0 atom stereocenters. The van der Waals surface area contributed by atoms with E-state index in [4.69, 9.17) is 9.47 Å². The summed E-state index contributed by atoms with van der Waals surface area (Å²) in [6, 6.07) is 10.9. The van der Waals surface area contributed by atoms with E-state index < -0.39 is 4.92 Å². The van der Waals surface area contributed by atoms with Crippen LogP contribution in [-0.2, 0) is 0 Å². The van der Waals surface area contributed by atoms with Gasteiger partial charge in [0.15, 0.2) is 0 Å². The van der Waals surface area contributed by atoms with E-state index in [1.54, 1.807) is 25.3 Å². The number of methoxy groups -OCH3 is 2. The number of nitro groups is 1. The summed E-state index contributed by atoms with van der Waals surface area (Å²) in [5.74, 6) is 1.19. The molecule has 0 saturated carbocycles. The summed E-state index contributed by atoms with van der Waals surface area (Å²) >= 11 is 0. The van der Waals surface area contributed by atoms with E-state index in [2.05, 4.69) is 20.6 Å². The van der Waals surface area contributed by atoms with Crippen LogP contribution in [0.2, 0.25) is 0 Å². The largest absolute Gasteiger partial charge is 0.497 e. The van der Waals surface area contributed by atoms with E-state index in [0.717, 1.165) is 11.1 Å². The lowest BCUT2D eigenvalue weighted by Gasteiger charge is -2.13. The van der Waals surface area contributed by atoms with Gasteiger partial charge in [0.05, 0.1) is 24.8 Å². The lowest BCUT2D eigenvalue weighted by molar-refractivity contribution is -0.383. The number of ether oxygens (including phenoxy) is 2. The van der Waals surface area contributed by atoms with E-state index in [0.29, 0.717) is 22.9 Å². The second-order valence-electron chi connectivity index (χ2n) is 6.37. The van der Waals surface area contributed by atoms with Crippen molar-refractivity contribution in [2.75, 3.05) is 24.9 Å². The average molecular weight is 395 g/mol. The van der Waals surface area contributed by atoms with Gasteiger partial charge in [-0.1, -0.05) is 6.07 Å². The number of benzene rings is 2. The van der Waals surface area contributed by atoms with Crippen LogP contribution in [0.1, 0.15) is 11.1 Å². The van der Waals surface area contributed by atoms with Gasteiger partial charge in [-0.3, -0.25) is 10.1 Å². The molecule has 29 heavy (non-hydrogen) atoms. The molecule has 9 heteroatoms. The van der Waals surface area contributed by atoms with Crippen molar-refractivity contribution in [3.05, 3.63) is 64.0 Å². The molecule has 3 rings (SSSR count). The third-order valence-electron chi connectivity index (χ3n) is 4.15. The first-order chi connectivity index (χ1) is 13.9. The zero-order chi connectivity index (χ0) is 21.0. The van der Waals surface area contributed by atoms with Crippen molar-refractivity contribution in [3.63, 3.8) is 0 Å². The van der Waals surface area contributed by atoms with Crippen LogP contribution in [0.25, 0.3) is 0 Å². The molecular formula is C20H21N5O4. The summed E-state index contributed by atoms with van der Waals surface area (Å²) in [5, 5.41) is 17.8. The van der Waals surface area contributed by atoms with Crippen LogP contribution in [0.3, 0.4) is 0 Å². The molecule has 0 aliphatic rings. The highest BCUT2D eigenvalue weighted by Gasteiger charge is 2.24. The Balaban J connectivity index is 2.00. The zero-order valence-corrected chi connectivity index (χ0v) is 16.5. The molecule has 0 aliphatic heterocycles. The number of aromatic nitrogens is 2. The minimum atomic E-state index is -0.524. The van der Waals surface area contributed by atoms with Crippen LogP contribution in [0.4, 0.5) is 28.7 Å². The summed E-state index contributed by atoms with van der Waals surface area (Å²) in [6.45, 7) is 3.91. The van der Waals surface area contributed by atoms with Crippen LogP contribution < -0.4 is 20.1 Å². The van der Waals surface area contributed by atoms with Crippen molar-refractivity contribution >= 4 is 28.7 Å². The van der Waals surface area contributed by atoms with E-state index in [1.807, 2.05) is 32.0 Å². The van der Waals surface area contributed by atoms with Crippen molar-refractivity contribution < 1.29 is 14.4 Å². The first kappa shape index (κ1) is 19.9. The van der Waals surface area contributed by atoms with Gasteiger partial charge < -0.3 is 20.1 Å². The molecule has 0 aliphatic carbocycles. The number of aryl methyl sites for hydroxylation is 2. The highest BCUT2D eigenvalue weighted by atomic mass is 16.6. The fraction of sp³-hybridized carbons (Fsp3) is 0.200. The lowest BCUT2D eigenvalue weighted by atomic mass is 10.1. The molecular weight excluding hydrogens is 374 g/mol. The molecule has 0 saturated heterocycles. The summed E-state index contributed by atoms with van der Waals surface area (Å²) in [6.07, 6.45) is 1.26. The highest BCUT2D eigenvalue weighted by molar-refractivity contribution is 5.78. The van der Waals surface area contributed by atoms with Gasteiger partial charge in [-0.15, -0.1) is 0 Å². The normalized spacial score (nSPS) is 10.3. The molecule has 0 bridgehead atoms. The molecule has 2 aromatic carbocycles. The molecule has 1 aromatic heterocycles. The van der Waals surface area contributed by atoms with Crippen molar-refractivity contribution in [1.29, 1.82) is 0 Å². The van der Waals surface area contributed by atoms with Gasteiger partial charge >= 0.3 is 5.69 Å². The van der Waals surface area contributed by atoms with Crippen LogP contribution in [0, 0.1) is 24.0 Å². The average Bonchev–Trinajstić information content (AvgIpc) is 2.67. The summed E-state index contributed by atoms with van der Waals surface area (Å²) in [7, 11) is 3.05. The Labute approximate surface area is 167 Å². The molecule has 0 radical (unpaired) electrons. The van der Waals surface area contributed by atoms with Gasteiger partial charge in [0.1, 0.15) is 17.8 Å². The zero-order valence-electron chi connectivity index (χ0n) is 16.5. The van der Waals surface area contributed by atoms with Crippen LogP contribution in [0.15, 0.2) is 42.7 Å². The SMILES string of the molecule is COc1ccc(Nc2ncnc(Nc3cc(C)cc(C)c3)c2[N+](=O)[O-])c(OC)c1. The van der Waals surface area contributed by atoms with Crippen molar-refractivity contribution in [2.45, 2.75) is 13.8 Å². The monoisotopic (exact) mass is 395 g/mol. The van der Waals surface area contributed by atoms with Crippen molar-refractivity contribution in [1.82, 2.24) is 9.97 Å². The van der Waals surface area contributed by atoms with Gasteiger partial charge in [0, 0.05) is 11.8 Å². The van der Waals surface area contributed by atoms with E-state index >= 15 is 0 Å².